The highest BCUT2D eigenvalue weighted by atomic mass is 35.5. The third-order valence-electron chi connectivity index (χ3n) is 3.10. The zero-order valence-corrected chi connectivity index (χ0v) is 10.8. The van der Waals surface area contributed by atoms with E-state index in [0.29, 0.717) is 11.6 Å². The third-order valence-corrected chi connectivity index (χ3v) is 3.40. The van der Waals surface area contributed by atoms with Gasteiger partial charge in [0.15, 0.2) is 0 Å². The highest BCUT2D eigenvalue weighted by Gasteiger charge is 2.19. The average Bonchev–Trinajstić information content (AvgIpc) is 2.56. The first kappa shape index (κ1) is 13.2. The quantitative estimate of drug-likeness (QED) is 0.783. The standard InChI is InChI=1S/C13H17ClN2O2/c14-10-7-9(4-5-12(10)17)8-16-11-3-1-2-6-15-13(11)18/h4-5,7,11,16-17H,1-3,6,8H2,(H,15,18). The Morgan fingerprint density at radius 3 is 3.06 bits per heavy atom. The molecule has 1 aliphatic rings. The molecule has 1 atom stereocenters. The number of benzene rings is 1. The monoisotopic (exact) mass is 268 g/mol. The maximum absolute atomic E-state index is 11.7. The van der Waals surface area contributed by atoms with Crippen molar-refractivity contribution in [2.45, 2.75) is 31.8 Å². The zero-order valence-electron chi connectivity index (χ0n) is 10.1. The van der Waals surface area contributed by atoms with Crippen molar-refractivity contribution in [3.8, 4) is 5.75 Å². The lowest BCUT2D eigenvalue weighted by Crippen LogP contribution is -2.42. The van der Waals surface area contributed by atoms with Crippen LogP contribution in [0.15, 0.2) is 18.2 Å². The summed E-state index contributed by atoms with van der Waals surface area (Å²) in [6.07, 6.45) is 2.94. The van der Waals surface area contributed by atoms with Crippen LogP contribution < -0.4 is 10.6 Å². The second-order valence-electron chi connectivity index (χ2n) is 4.51. The minimum Gasteiger partial charge on any atom is -0.506 e. The molecule has 0 aliphatic carbocycles. The van der Waals surface area contributed by atoms with Crippen molar-refractivity contribution in [3.63, 3.8) is 0 Å². The summed E-state index contributed by atoms with van der Waals surface area (Å²) >= 11 is 5.83. The summed E-state index contributed by atoms with van der Waals surface area (Å²) in [7, 11) is 0. The third kappa shape index (κ3) is 3.37. The summed E-state index contributed by atoms with van der Waals surface area (Å²) in [6, 6.07) is 4.92. The van der Waals surface area contributed by atoms with Crippen LogP contribution in [0.2, 0.25) is 5.02 Å². The van der Waals surface area contributed by atoms with Crippen LogP contribution in [0.25, 0.3) is 0 Å². The summed E-state index contributed by atoms with van der Waals surface area (Å²) in [4.78, 5) is 11.7. The summed E-state index contributed by atoms with van der Waals surface area (Å²) in [6.45, 7) is 1.33. The molecule has 18 heavy (non-hydrogen) atoms. The van der Waals surface area contributed by atoms with E-state index in [-0.39, 0.29) is 17.7 Å². The number of hydrogen-bond donors (Lipinski definition) is 3. The van der Waals surface area contributed by atoms with Crippen LogP contribution in [0.1, 0.15) is 24.8 Å². The zero-order chi connectivity index (χ0) is 13.0. The van der Waals surface area contributed by atoms with Gasteiger partial charge in [0.1, 0.15) is 5.75 Å². The molecule has 1 saturated heterocycles. The highest BCUT2D eigenvalue weighted by molar-refractivity contribution is 6.32. The number of carbonyl (C=O) groups excluding carboxylic acids is 1. The van der Waals surface area contributed by atoms with Gasteiger partial charge in [0.25, 0.3) is 0 Å². The van der Waals surface area contributed by atoms with Gasteiger partial charge in [-0.1, -0.05) is 17.7 Å². The van der Waals surface area contributed by atoms with Crippen LogP contribution in [-0.4, -0.2) is 23.6 Å². The molecule has 1 aromatic rings. The molecule has 98 valence electrons. The molecule has 1 heterocycles. The molecule has 0 saturated carbocycles. The number of aromatic hydroxyl groups is 1. The van der Waals surface area contributed by atoms with Gasteiger partial charge >= 0.3 is 0 Å². The summed E-state index contributed by atoms with van der Waals surface area (Å²) in [5.41, 5.74) is 0.954. The fourth-order valence-electron chi connectivity index (χ4n) is 2.04. The van der Waals surface area contributed by atoms with Crippen LogP contribution >= 0.6 is 11.6 Å². The van der Waals surface area contributed by atoms with Crippen molar-refractivity contribution in [2.24, 2.45) is 0 Å². The van der Waals surface area contributed by atoms with Crippen LogP contribution in [0, 0.1) is 0 Å². The van der Waals surface area contributed by atoms with Crippen molar-refractivity contribution in [2.75, 3.05) is 6.54 Å². The van der Waals surface area contributed by atoms with E-state index in [9.17, 15) is 9.90 Å². The lowest BCUT2D eigenvalue weighted by atomic mass is 10.1. The number of halogens is 1. The van der Waals surface area contributed by atoms with Crippen LogP contribution in [0.5, 0.6) is 5.75 Å². The molecule has 1 aliphatic heterocycles. The Balaban J connectivity index is 1.93. The topological polar surface area (TPSA) is 61.4 Å². The molecule has 0 radical (unpaired) electrons. The maximum Gasteiger partial charge on any atom is 0.237 e. The first-order chi connectivity index (χ1) is 8.66. The number of nitrogens with one attached hydrogen (secondary N) is 2. The molecule has 3 N–H and O–H groups in total. The molecule has 0 spiro atoms. The Kier molecular flexibility index (Phi) is 4.44. The van der Waals surface area contributed by atoms with Crippen molar-refractivity contribution >= 4 is 17.5 Å². The second-order valence-corrected chi connectivity index (χ2v) is 4.91. The largest absolute Gasteiger partial charge is 0.506 e. The van der Waals surface area contributed by atoms with Gasteiger partial charge in [-0.15, -0.1) is 0 Å². The van der Waals surface area contributed by atoms with Crippen molar-refractivity contribution in [3.05, 3.63) is 28.8 Å². The van der Waals surface area contributed by atoms with Gasteiger partial charge in [0, 0.05) is 13.1 Å². The first-order valence-corrected chi connectivity index (χ1v) is 6.53. The predicted octanol–water partition coefficient (Wildman–Crippen LogP) is 1.80. The molecule has 1 amide bonds. The van der Waals surface area contributed by atoms with Gasteiger partial charge in [-0.25, -0.2) is 0 Å². The lowest BCUT2D eigenvalue weighted by molar-refractivity contribution is -0.122. The summed E-state index contributed by atoms with van der Waals surface area (Å²) in [5.74, 6) is 0.144. The fraction of sp³-hybridized carbons (Fsp3) is 0.462. The number of amides is 1. The molecular weight excluding hydrogens is 252 g/mol. The number of rotatable bonds is 3. The SMILES string of the molecule is O=C1NCCCCC1NCc1ccc(O)c(Cl)c1. The summed E-state index contributed by atoms with van der Waals surface area (Å²) < 4.78 is 0. The minimum atomic E-state index is -0.139. The number of phenolic OH excluding ortho intramolecular Hbond substituents is 1. The number of hydrogen-bond acceptors (Lipinski definition) is 3. The van der Waals surface area contributed by atoms with E-state index in [1.54, 1.807) is 18.2 Å². The molecular formula is C13H17ClN2O2. The second kappa shape index (κ2) is 6.07. The fourth-order valence-corrected chi connectivity index (χ4v) is 2.24. The molecule has 2 rings (SSSR count). The van der Waals surface area contributed by atoms with Crippen LogP contribution in [-0.2, 0) is 11.3 Å². The van der Waals surface area contributed by atoms with Gasteiger partial charge in [-0.2, -0.15) is 0 Å². The Morgan fingerprint density at radius 2 is 2.28 bits per heavy atom. The van der Waals surface area contributed by atoms with E-state index in [0.717, 1.165) is 31.4 Å². The molecule has 4 nitrogen and oxygen atoms in total. The van der Waals surface area contributed by atoms with Crippen LogP contribution in [0.4, 0.5) is 0 Å². The van der Waals surface area contributed by atoms with E-state index in [2.05, 4.69) is 10.6 Å². The molecule has 0 bridgehead atoms. The minimum absolute atomic E-state index is 0.0670. The van der Waals surface area contributed by atoms with Gasteiger partial charge in [-0.3, -0.25) is 4.79 Å². The van der Waals surface area contributed by atoms with E-state index in [1.165, 1.54) is 0 Å². The van der Waals surface area contributed by atoms with Crippen molar-refractivity contribution in [1.82, 2.24) is 10.6 Å². The van der Waals surface area contributed by atoms with E-state index >= 15 is 0 Å². The van der Waals surface area contributed by atoms with Crippen molar-refractivity contribution in [1.29, 1.82) is 0 Å². The van der Waals surface area contributed by atoms with Crippen LogP contribution in [0.3, 0.4) is 0 Å². The molecule has 0 aromatic heterocycles. The highest BCUT2D eigenvalue weighted by Crippen LogP contribution is 2.23. The van der Waals surface area contributed by atoms with Gasteiger partial charge < -0.3 is 15.7 Å². The first-order valence-electron chi connectivity index (χ1n) is 6.15. The average molecular weight is 269 g/mol. The van der Waals surface area contributed by atoms with Crippen molar-refractivity contribution < 1.29 is 9.90 Å². The predicted molar refractivity (Wildman–Crippen MR) is 70.6 cm³/mol. The Bertz CT molecular complexity index is 437. The van der Waals surface area contributed by atoms with E-state index < -0.39 is 0 Å². The maximum atomic E-state index is 11.7. The molecule has 1 unspecified atom stereocenters. The smallest absolute Gasteiger partial charge is 0.237 e. The Hall–Kier alpha value is -1.26. The number of carbonyl (C=O) groups is 1. The lowest BCUT2D eigenvalue weighted by Gasteiger charge is -2.15. The van der Waals surface area contributed by atoms with Gasteiger partial charge in [0.05, 0.1) is 11.1 Å². The normalized spacial score (nSPS) is 20.3. The van der Waals surface area contributed by atoms with Gasteiger partial charge in [-0.05, 0) is 37.0 Å². The molecule has 5 heteroatoms. The Labute approximate surface area is 111 Å². The molecule has 1 fully saturated rings. The van der Waals surface area contributed by atoms with Gasteiger partial charge in [0.2, 0.25) is 5.91 Å². The number of phenols is 1. The van der Waals surface area contributed by atoms with E-state index in [4.69, 9.17) is 11.6 Å². The Morgan fingerprint density at radius 1 is 1.44 bits per heavy atom. The molecule has 1 aromatic carbocycles. The van der Waals surface area contributed by atoms with E-state index in [1.807, 2.05) is 0 Å². The summed E-state index contributed by atoms with van der Waals surface area (Å²) in [5, 5.41) is 15.8.